The van der Waals surface area contributed by atoms with Gasteiger partial charge in [0, 0.05) is 5.56 Å². The third-order valence-electron chi connectivity index (χ3n) is 5.19. The van der Waals surface area contributed by atoms with Crippen LogP contribution in [-0.4, -0.2) is 47.3 Å². The number of esters is 1. The van der Waals surface area contributed by atoms with Gasteiger partial charge in [-0.3, -0.25) is 9.59 Å². The maximum absolute atomic E-state index is 12.6. The van der Waals surface area contributed by atoms with E-state index < -0.39 is 12.6 Å². The lowest BCUT2D eigenvalue weighted by molar-refractivity contribution is -0.113. The van der Waals surface area contributed by atoms with Gasteiger partial charge in [-0.25, -0.2) is 4.79 Å². The SMILES string of the molecule is COc1ccc(C(=O)OCC(=O)c2ccc(-c3ccccc3)cc2)cc1NC(=O)CSc1nnc(C)s1. The Morgan fingerprint density at radius 2 is 1.62 bits per heavy atom. The minimum Gasteiger partial charge on any atom is -0.495 e. The summed E-state index contributed by atoms with van der Waals surface area (Å²) in [5, 5.41) is 11.5. The summed E-state index contributed by atoms with van der Waals surface area (Å²) in [7, 11) is 1.46. The first-order valence-corrected chi connectivity index (χ1v) is 13.0. The van der Waals surface area contributed by atoms with Crippen molar-refractivity contribution in [1.29, 1.82) is 0 Å². The first-order valence-electron chi connectivity index (χ1n) is 11.2. The van der Waals surface area contributed by atoms with Crippen molar-refractivity contribution in [1.82, 2.24) is 10.2 Å². The highest BCUT2D eigenvalue weighted by Gasteiger charge is 2.16. The number of methoxy groups -OCH3 is 1. The van der Waals surface area contributed by atoms with Crippen LogP contribution in [0.5, 0.6) is 5.75 Å². The van der Waals surface area contributed by atoms with E-state index in [9.17, 15) is 14.4 Å². The van der Waals surface area contributed by atoms with Gasteiger partial charge in [-0.1, -0.05) is 77.7 Å². The molecule has 0 fully saturated rings. The molecule has 8 nitrogen and oxygen atoms in total. The molecule has 1 N–H and O–H groups in total. The van der Waals surface area contributed by atoms with E-state index >= 15 is 0 Å². The maximum atomic E-state index is 12.6. The highest BCUT2D eigenvalue weighted by atomic mass is 32.2. The Hall–Kier alpha value is -4.02. The molecule has 0 aliphatic carbocycles. The number of nitrogens with zero attached hydrogens (tertiary/aromatic N) is 2. The molecule has 1 heterocycles. The highest BCUT2D eigenvalue weighted by Crippen LogP contribution is 2.27. The fourth-order valence-electron chi connectivity index (χ4n) is 3.36. The first-order chi connectivity index (χ1) is 17.9. The summed E-state index contributed by atoms with van der Waals surface area (Å²) < 4.78 is 11.2. The number of ketones is 1. The molecule has 4 rings (SSSR count). The van der Waals surface area contributed by atoms with Crippen molar-refractivity contribution in [2.75, 3.05) is 24.8 Å². The standard InChI is InChI=1S/C27H23N3O5S2/c1-17-29-30-27(37-17)36-16-25(32)28-22-14-21(12-13-24(22)34-2)26(33)35-15-23(31)20-10-8-19(9-11-20)18-6-4-3-5-7-18/h3-14H,15-16H2,1-2H3,(H,28,32). The van der Waals surface area contributed by atoms with E-state index in [0.29, 0.717) is 21.3 Å². The number of carbonyl (C=O) groups excluding carboxylic acids is 3. The molecule has 188 valence electrons. The summed E-state index contributed by atoms with van der Waals surface area (Å²) in [6.45, 7) is 1.43. The number of amides is 1. The smallest absolute Gasteiger partial charge is 0.338 e. The summed E-state index contributed by atoms with van der Waals surface area (Å²) in [5.41, 5.74) is 2.97. The van der Waals surface area contributed by atoms with Gasteiger partial charge in [-0.05, 0) is 36.2 Å². The molecule has 10 heteroatoms. The maximum Gasteiger partial charge on any atom is 0.338 e. The molecule has 0 unspecified atom stereocenters. The summed E-state index contributed by atoms with van der Waals surface area (Å²) in [6, 6.07) is 21.5. The van der Waals surface area contributed by atoms with E-state index in [1.807, 2.05) is 49.4 Å². The second-order valence-electron chi connectivity index (χ2n) is 7.78. The van der Waals surface area contributed by atoms with Crippen molar-refractivity contribution in [3.63, 3.8) is 0 Å². The van der Waals surface area contributed by atoms with E-state index in [0.717, 1.165) is 16.1 Å². The average Bonchev–Trinajstić information content (AvgIpc) is 3.36. The third-order valence-corrected chi connectivity index (χ3v) is 7.16. The summed E-state index contributed by atoms with van der Waals surface area (Å²) in [5.74, 6) is -0.804. The van der Waals surface area contributed by atoms with E-state index in [2.05, 4.69) is 15.5 Å². The monoisotopic (exact) mass is 533 g/mol. The number of thioether (sulfide) groups is 1. The molecule has 0 bridgehead atoms. The van der Waals surface area contributed by atoms with Gasteiger partial charge < -0.3 is 14.8 Å². The largest absolute Gasteiger partial charge is 0.495 e. The lowest BCUT2D eigenvalue weighted by Crippen LogP contribution is -2.17. The zero-order chi connectivity index (χ0) is 26.2. The number of hydrogen-bond acceptors (Lipinski definition) is 9. The number of aryl methyl sites for hydroxylation is 1. The number of benzene rings is 3. The molecule has 0 aliphatic rings. The molecule has 0 atom stereocenters. The zero-order valence-electron chi connectivity index (χ0n) is 20.1. The number of carbonyl (C=O) groups is 3. The Kier molecular flexibility index (Phi) is 8.65. The van der Waals surface area contributed by atoms with Crippen molar-refractivity contribution in [3.05, 3.63) is 88.9 Å². The summed E-state index contributed by atoms with van der Waals surface area (Å²) >= 11 is 2.67. The van der Waals surface area contributed by atoms with Crippen LogP contribution in [0.4, 0.5) is 5.69 Å². The second-order valence-corrected chi connectivity index (χ2v) is 10.2. The van der Waals surface area contributed by atoms with Crippen LogP contribution in [0.15, 0.2) is 77.1 Å². The highest BCUT2D eigenvalue weighted by molar-refractivity contribution is 8.01. The van der Waals surface area contributed by atoms with Crippen molar-refractivity contribution in [2.45, 2.75) is 11.3 Å². The predicted octanol–water partition coefficient (Wildman–Crippen LogP) is 5.29. The fourth-order valence-corrected chi connectivity index (χ4v) is 4.98. The molecule has 1 aromatic heterocycles. The van der Waals surface area contributed by atoms with Crippen molar-refractivity contribution in [3.8, 4) is 16.9 Å². The van der Waals surface area contributed by atoms with Crippen LogP contribution in [0.25, 0.3) is 11.1 Å². The number of aromatic nitrogens is 2. The minimum absolute atomic E-state index is 0.115. The lowest BCUT2D eigenvalue weighted by Gasteiger charge is -2.12. The van der Waals surface area contributed by atoms with Crippen LogP contribution in [0.1, 0.15) is 25.7 Å². The van der Waals surface area contributed by atoms with E-state index in [4.69, 9.17) is 9.47 Å². The summed E-state index contributed by atoms with van der Waals surface area (Å²) in [4.78, 5) is 37.6. The molecule has 0 saturated carbocycles. The number of nitrogens with one attached hydrogen (secondary N) is 1. The van der Waals surface area contributed by atoms with E-state index in [-0.39, 0.29) is 23.0 Å². The number of hydrogen-bond donors (Lipinski definition) is 1. The molecular formula is C27H23N3O5S2. The average molecular weight is 534 g/mol. The molecule has 3 aromatic carbocycles. The van der Waals surface area contributed by atoms with Crippen molar-refractivity contribution < 1.29 is 23.9 Å². The van der Waals surface area contributed by atoms with Crippen LogP contribution >= 0.6 is 23.1 Å². The van der Waals surface area contributed by atoms with E-state index in [1.54, 1.807) is 18.2 Å². The van der Waals surface area contributed by atoms with Crippen LogP contribution in [0.2, 0.25) is 0 Å². The molecule has 0 saturated heterocycles. The third kappa shape index (κ3) is 7.02. The van der Waals surface area contributed by atoms with Gasteiger partial charge in [0.1, 0.15) is 10.8 Å². The zero-order valence-corrected chi connectivity index (χ0v) is 21.7. The molecule has 4 aromatic rings. The lowest BCUT2D eigenvalue weighted by atomic mass is 10.0. The normalized spacial score (nSPS) is 10.5. The quantitative estimate of drug-likeness (QED) is 0.166. The fraction of sp³-hybridized carbons (Fsp3) is 0.148. The molecule has 0 spiro atoms. The Balaban J connectivity index is 1.35. The minimum atomic E-state index is -0.689. The Morgan fingerprint density at radius 1 is 0.919 bits per heavy atom. The Labute approximate surface area is 222 Å². The van der Waals surface area contributed by atoms with Crippen LogP contribution in [0, 0.1) is 6.92 Å². The number of Topliss-reactive ketones (excluding diaryl/α,β-unsaturated/α-hetero) is 1. The van der Waals surface area contributed by atoms with Gasteiger partial charge in [0.05, 0.1) is 24.1 Å². The molecule has 0 aliphatic heterocycles. The van der Waals surface area contributed by atoms with Crippen molar-refractivity contribution in [2.24, 2.45) is 0 Å². The van der Waals surface area contributed by atoms with Gasteiger partial charge in [-0.2, -0.15) is 0 Å². The van der Waals surface area contributed by atoms with Gasteiger partial charge in [0.15, 0.2) is 16.7 Å². The van der Waals surface area contributed by atoms with E-state index in [1.165, 1.54) is 42.3 Å². The van der Waals surface area contributed by atoms with Crippen LogP contribution in [0.3, 0.4) is 0 Å². The second kappa shape index (κ2) is 12.3. The molecule has 1 amide bonds. The summed E-state index contributed by atoms with van der Waals surface area (Å²) in [6.07, 6.45) is 0. The topological polar surface area (TPSA) is 107 Å². The molecule has 37 heavy (non-hydrogen) atoms. The van der Waals surface area contributed by atoms with Crippen LogP contribution < -0.4 is 10.1 Å². The Bertz CT molecular complexity index is 1410. The van der Waals surface area contributed by atoms with Crippen LogP contribution in [-0.2, 0) is 9.53 Å². The van der Waals surface area contributed by atoms with Gasteiger partial charge in [0.25, 0.3) is 0 Å². The van der Waals surface area contributed by atoms with Crippen molar-refractivity contribution >= 4 is 46.4 Å². The number of ether oxygens (including phenoxy) is 2. The number of rotatable bonds is 10. The number of anilines is 1. The van der Waals surface area contributed by atoms with Gasteiger partial charge in [0.2, 0.25) is 5.91 Å². The predicted molar refractivity (Wildman–Crippen MR) is 143 cm³/mol. The molecular weight excluding hydrogens is 510 g/mol. The first kappa shape index (κ1) is 26.1. The molecule has 0 radical (unpaired) electrons. The Morgan fingerprint density at radius 3 is 2.30 bits per heavy atom. The van der Waals surface area contributed by atoms with Gasteiger partial charge >= 0.3 is 5.97 Å². The van der Waals surface area contributed by atoms with Gasteiger partial charge in [-0.15, -0.1) is 10.2 Å².